The molecule has 1 fully saturated rings. The molecule has 7 nitrogen and oxygen atoms in total. The van der Waals surface area contributed by atoms with Crippen LogP contribution in [0.5, 0.6) is 0 Å². The zero-order valence-corrected chi connectivity index (χ0v) is 17.6. The van der Waals surface area contributed by atoms with Gasteiger partial charge < -0.3 is 0 Å². The second kappa shape index (κ2) is 6.98. The number of nitrogens with zero attached hydrogens (tertiary/aromatic N) is 4. The van der Waals surface area contributed by atoms with E-state index in [4.69, 9.17) is 0 Å². The van der Waals surface area contributed by atoms with Crippen molar-refractivity contribution in [3.8, 4) is 5.69 Å². The Balaban J connectivity index is 1.73. The Kier molecular flexibility index (Phi) is 4.76. The average molecular weight is 419 g/mol. The number of fused-ring (bicyclic) bond motifs is 1. The summed E-state index contributed by atoms with van der Waals surface area (Å²) in [4.78, 5) is 14.8. The van der Waals surface area contributed by atoms with Gasteiger partial charge in [-0.3, -0.25) is 9.80 Å². The van der Waals surface area contributed by atoms with Gasteiger partial charge in [0.15, 0.2) is 9.84 Å². The SMILES string of the molecule is Cc1nn(-c2ccccc2)c2sc(C(=O)N([C@H]3CCS(=O)(=O)C3)N(C)C)cc12. The van der Waals surface area contributed by atoms with Crippen LogP contribution in [-0.2, 0) is 9.84 Å². The summed E-state index contributed by atoms with van der Waals surface area (Å²) in [6.07, 6.45) is 0.466. The molecule has 2 aromatic heterocycles. The van der Waals surface area contributed by atoms with E-state index in [0.717, 1.165) is 21.6 Å². The minimum absolute atomic E-state index is 0.0125. The lowest BCUT2D eigenvalue weighted by atomic mass is 10.2. The number of hydrogen-bond acceptors (Lipinski definition) is 6. The number of benzene rings is 1. The van der Waals surface area contributed by atoms with E-state index >= 15 is 0 Å². The molecule has 0 bridgehead atoms. The van der Waals surface area contributed by atoms with Gasteiger partial charge in [-0.15, -0.1) is 11.3 Å². The van der Waals surface area contributed by atoms with Crippen LogP contribution < -0.4 is 0 Å². The third kappa shape index (κ3) is 3.34. The highest BCUT2D eigenvalue weighted by molar-refractivity contribution is 7.91. The summed E-state index contributed by atoms with van der Waals surface area (Å²) < 4.78 is 25.7. The smallest absolute Gasteiger partial charge is 0.267 e. The number of thiophene rings is 1. The van der Waals surface area contributed by atoms with Crippen LogP contribution in [0.1, 0.15) is 21.8 Å². The summed E-state index contributed by atoms with van der Waals surface area (Å²) >= 11 is 1.39. The van der Waals surface area contributed by atoms with E-state index < -0.39 is 9.84 Å². The van der Waals surface area contributed by atoms with Crippen LogP contribution in [-0.4, -0.2) is 65.8 Å². The van der Waals surface area contributed by atoms with Crippen molar-refractivity contribution in [1.82, 2.24) is 19.8 Å². The fraction of sp³-hybridized carbons (Fsp3) is 0.368. The van der Waals surface area contributed by atoms with Gasteiger partial charge in [0.1, 0.15) is 4.83 Å². The second-order valence-electron chi connectivity index (χ2n) is 7.22. The molecule has 0 unspecified atom stereocenters. The van der Waals surface area contributed by atoms with E-state index in [9.17, 15) is 13.2 Å². The summed E-state index contributed by atoms with van der Waals surface area (Å²) in [6.45, 7) is 1.93. The Hall–Kier alpha value is -2.23. The van der Waals surface area contributed by atoms with Gasteiger partial charge in [0.2, 0.25) is 0 Å². The van der Waals surface area contributed by atoms with Crippen LogP contribution in [0.3, 0.4) is 0 Å². The molecule has 0 spiro atoms. The number of amides is 1. The maximum atomic E-state index is 13.3. The van der Waals surface area contributed by atoms with Crippen molar-refractivity contribution < 1.29 is 13.2 Å². The zero-order valence-electron chi connectivity index (χ0n) is 16.0. The summed E-state index contributed by atoms with van der Waals surface area (Å²) in [6, 6.07) is 11.3. The summed E-state index contributed by atoms with van der Waals surface area (Å²) in [5, 5.41) is 8.81. The lowest BCUT2D eigenvalue weighted by Crippen LogP contribution is -2.49. The van der Waals surface area contributed by atoms with E-state index in [1.54, 1.807) is 24.1 Å². The number of sulfone groups is 1. The molecular weight excluding hydrogens is 396 g/mol. The Morgan fingerprint density at radius 3 is 2.57 bits per heavy atom. The molecule has 1 aliphatic rings. The van der Waals surface area contributed by atoms with Crippen LogP contribution in [0, 0.1) is 6.92 Å². The Morgan fingerprint density at radius 2 is 1.96 bits per heavy atom. The van der Waals surface area contributed by atoms with Gasteiger partial charge in [-0.25, -0.2) is 18.1 Å². The van der Waals surface area contributed by atoms with Crippen molar-refractivity contribution >= 4 is 37.3 Å². The summed E-state index contributed by atoms with van der Waals surface area (Å²) in [7, 11) is 0.458. The van der Waals surface area contributed by atoms with Gasteiger partial charge >= 0.3 is 0 Å². The number of carbonyl (C=O) groups is 1. The second-order valence-corrected chi connectivity index (χ2v) is 10.5. The number of aromatic nitrogens is 2. The molecule has 148 valence electrons. The van der Waals surface area contributed by atoms with Crippen molar-refractivity contribution in [2.24, 2.45) is 0 Å². The van der Waals surface area contributed by atoms with Gasteiger partial charge in [-0.1, -0.05) is 18.2 Å². The largest absolute Gasteiger partial charge is 0.278 e. The number of carbonyl (C=O) groups excluding carboxylic acids is 1. The molecule has 9 heteroatoms. The van der Waals surface area contributed by atoms with Crippen LogP contribution in [0.25, 0.3) is 15.9 Å². The Bertz CT molecular complexity index is 1130. The van der Waals surface area contributed by atoms with Crippen LogP contribution >= 0.6 is 11.3 Å². The highest BCUT2D eigenvalue weighted by Gasteiger charge is 2.37. The number of hydrogen-bond donors (Lipinski definition) is 0. The quantitative estimate of drug-likeness (QED) is 0.609. The standard InChI is InChI=1S/C19H22N4O3S2/c1-13-16-11-17(27-19(16)22(20-13)14-7-5-4-6-8-14)18(24)23(21(2)3)15-9-10-28(25,26)12-15/h4-8,11,15H,9-10,12H2,1-3H3/t15-/m0/s1. The molecule has 1 aliphatic heterocycles. The highest BCUT2D eigenvalue weighted by atomic mass is 32.2. The fourth-order valence-corrected chi connectivity index (χ4v) is 6.46. The maximum Gasteiger partial charge on any atom is 0.278 e. The van der Waals surface area contributed by atoms with E-state index in [2.05, 4.69) is 5.10 Å². The minimum atomic E-state index is -3.08. The van der Waals surface area contributed by atoms with Gasteiger partial charge in [0, 0.05) is 19.5 Å². The molecule has 28 heavy (non-hydrogen) atoms. The molecule has 3 aromatic rings. The first-order valence-electron chi connectivity index (χ1n) is 9.02. The molecular formula is C19H22N4O3S2. The molecule has 0 aliphatic carbocycles. The minimum Gasteiger partial charge on any atom is -0.267 e. The third-order valence-electron chi connectivity index (χ3n) is 4.95. The predicted molar refractivity (Wildman–Crippen MR) is 111 cm³/mol. The zero-order chi connectivity index (χ0) is 20.1. The third-order valence-corrected chi connectivity index (χ3v) is 7.80. The molecule has 0 N–H and O–H groups in total. The van der Waals surface area contributed by atoms with E-state index in [1.807, 2.05) is 48.0 Å². The van der Waals surface area contributed by atoms with E-state index in [-0.39, 0.29) is 23.5 Å². The first-order valence-corrected chi connectivity index (χ1v) is 11.7. The fourth-order valence-electron chi connectivity index (χ4n) is 3.65. The monoisotopic (exact) mass is 418 g/mol. The molecule has 1 amide bonds. The van der Waals surface area contributed by atoms with Crippen molar-refractivity contribution in [3.63, 3.8) is 0 Å². The van der Waals surface area contributed by atoms with Crippen LogP contribution in [0.15, 0.2) is 36.4 Å². The normalized spacial score (nSPS) is 18.8. The number of rotatable bonds is 4. The molecule has 4 rings (SSSR count). The predicted octanol–water partition coefficient (Wildman–Crippen LogP) is 2.50. The topological polar surface area (TPSA) is 75.5 Å². The number of hydrazine groups is 1. The summed E-state index contributed by atoms with van der Waals surface area (Å²) in [5.74, 6) is -0.0325. The number of aryl methyl sites for hydroxylation is 1. The lowest BCUT2D eigenvalue weighted by molar-refractivity contribution is 0.00148. The molecule has 1 aromatic carbocycles. The average Bonchev–Trinajstić information content (AvgIpc) is 3.31. The first-order chi connectivity index (χ1) is 13.3. The van der Waals surface area contributed by atoms with Crippen molar-refractivity contribution in [2.45, 2.75) is 19.4 Å². The van der Waals surface area contributed by atoms with Crippen molar-refractivity contribution in [1.29, 1.82) is 0 Å². The highest BCUT2D eigenvalue weighted by Crippen LogP contribution is 2.32. The Morgan fingerprint density at radius 1 is 1.25 bits per heavy atom. The van der Waals surface area contributed by atoms with Gasteiger partial charge in [0.05, 0.1) is 33.8 Å². The molecule has 1 atom stereocenters. The van der Waals surface area contributed by atoms with Gasteiger partial charge in [0.25, 0.3) is 5.91 Å². The molecule has 0 saturated carbocycles. The number of para-hydroxylation sites is 1. The molecule has 1 saturated heterocycles. The molecule has 3 heterocycles. The van der Waals surface area contributed by atoms with Crippen LogP contribution in [0.2, 0.25) is 0 Å². The van der Waals surface area contributed by atoms with Gasteiger partial charge in [-0.2, -0.15) is 5.10 Å². The molecule has 0 radical (unpaired) electrons. The van der Waals surface area contributed by atoms with Crippen LogP contribution in [0.4, 0.5) is 0 Å². The Labute approximate surface area is 168 Å². The van der Waals surface area contributed by atoms with E-state index in [1.165, 1.54) is 11.3 Å². The van der Waals surface area contributed by atoms with Crippen molar-refractivity contribution in [2.75, 3.05) is 25.6 Å². The van der Waals surface area contributed by atoms with Crippen molar-refractivity contribution in [3.05, 3.63) is 47.0 Å². The first kappa shape index (κ1) is 19.1. The summed E-state index contributed by atoms with van der Waals surface area (Å²) in [5.41, 5.74) is 1.79. The maximum absolute atomic E-state index is 13.3. The van der Waals surface area contributed by atoms with E-state index in [0.29, 0.717) is 11.3 Å². The van der Waals surface area contributed by atoms with Gasteiger partial charge in [-0.05, 0) is 31.5 Å². The lowest BCUT2D eigenvalue weighted by Gasteiger charge is -2.33.